The number of hydrogen-bond donors (Lipinski definition) is 0. The maximum atomic E-state index is 12.3. The van der Waals surface area contributed by atoms with Crippen LogP contribution in [0.15, 0.2) is 14.3 Å². The van der Waals surface area contributed by atoms with Crippen LogP contribution in [0.4, 0.5) is 0 Å². The molecule has 0 bridgehead atoms. The van der Waals surface area contributed by atoms with Gasteiger partial charge in [0.1, 0.15) is 0 Å². The minimum atomic E-state index is 0.184. The first-order valence-corrected chi connectivity index (χ1v) is 8.33. The van der Waals surface area contributed by atoms with E-state index in [4.69, 9.17) is 0 Å². The van der Waals surface area contributed by atoms with E-state index in [9.17, 15) is 4.79 Å². The highest BCUT2D eigenvalue weighted by atomic mass is 79.9. The zero-order valence-corrected chi connectivity index (χ0v) is 13.5. The molecule has 2 heterocycles. The van der Waals surface area contributed by atoms with E-state index in [-0.39, 0.29) is 5.91 Å². The van der Waals surface area contributed by atoms with Crippen LogP contribution in [0, 0.1) is 0 Å². The molecular weight excluding hydrogens is 366 g/mol. The van der Waals surface area contributed by atoms with Gasteiger partial charge >= 0.3 is 0 Å². The van der Waals surface area contributed by atoms with Crippen LogP contribution in [0.25, 0.3) is 0 Å². The quantitative estimate of drug-likeness (QED) is 0.692. The van der Waals surface area contributed by atoms with E-state index in [2.05, 4.69) is 31.9 Å². The predicted molar refractivity (Wildman–Crippen MR) is 78.7 cm³/mol. The lowest BCUT2D eigenvalue weighted by molar-refractivity contribution is 0.0747. The van der Waals surface area contributed by atoms with E-state index in [0.29, 0.717) is 0 Å². The van der Waals surface area contributed by atoms with Gasteiger partial charge < -0.3 is 4.90 Å². The molecule has 0 aromatic carbocycles. The molecule has 1 aliphatic heterocycles. The average molecular weight is 381 g/mol. The highest BCUT2D eigenvalue weighted by Crippen LogP contribution is 2.33. The molecule has 1 aromatic heterocycles. The lowest BCUT2D eigenvalue weighted by atomic mass is 10.1. The maximum Gasteiger partial charge on any atom is 0.263 e. The Bertz CT molecular complexity index is 378. The predicted octanol–water partition coefficient (Wildman–Crippen LogP) is 4.68. The minimum Gasteiger partial charge on any atom is -0.338 e. The van der Waals surface area contributed by atoms with Crippen molar-refractivity contribution in [2.75, 3.05) is 13.1 Å². The van der Waals surface area contributed by atoms with Crippen molar-refractivity contribution in [3.8, 4) is 0 Å². The molecule has 17 heavy (non-hydrogen) atoms. The first kappa shape index (κ1) is 13.6. The Kier molecular flexibility index (Phi) is 5.06. The van der Waals surface area contributed by atoms with Gasteiger partial charge in [-0.2, -0.15) is 0 Å². The number of nitrogens with zero attached hydrogens (tertiary/aromatic N) is 1. The molecule has 5 heteroatoms. The zero-order valence-electron chi connectivity index (χ0n) is 9.55. The van der Waals surface area contributed by atoms with Crippen LogP contribution in [-0.2, 0) is 0 Å². The molecule has 0 spiro atoms. The third kappa shape index (κ3) is 3.55. The third-order valence-corrected chi connectivity index (χ3v) is 6.24. The minimum absolute atomic E-state index is 0.184. The largest absolute Gasteiger partial charge is 0.338 e. The van der Waals surface area contributed by atoms with Crippen molar-refractivity contribution in [3.63, 3.8) is 0 Å². The molecule has 0 unspecified atom stereocenters. The lowest BCUT2D eigenvalue weighted by Gasteiger charge is -2.24. The van der Waals surface area contributed by atoms with Crippen molar-refractivity contribution in [2.24, 2.45) is 0 Å². The Hall–Kier alpha value is 0.130. The Morgan fingerprint density at radius 1 is 1.12 bits per heavy atom. The molecule has 0 atom stereocenters. The highest BCUT2D eigenvalue weighted by Gasteiger charge is 2.19. The van der Waals surface area contributed by atoms with E-state index >= 15 is 0 Å². The van der Waals surface area contributed by atoms with Gasteiger partial charge in [0.15, 0.2) is 0 Å². The molecule has 1 amide bonds. The number of carbonyl (C=O) groups excluding carboxylic acids is 1. The van der Waals surface area contributed by atoms with Gasteiger partial charge in [-0.15, -0.1) is 11.3 Å². The van der Waals surface area contributed by atoms with Gasteiger partial charge in [-0.1, -0.05) is 19.3 Å². The van der Waals surface area contributed by atoms with Gasteiger partial charge in [-0.25, -0.2) is 0 Å². The number of amides is 1. The van der Waals surface area contributed by atoms with Crippen LogP contribution >= 0.6 is 43.2 Å². The van der Waals surface area contributed by atoms with Crippen molar-refractivity contribution in [2.45, 2.75) is 32.1 Å². The van der Waals surface area contributed by atoms with E-state index in [0.717, 1.165) is 39.1 Å². The number of carbonyl (C=O) groups is 1. The summed E-state index contributed by atoms with van der Waals surface area (Å²) in [5.74, 6) is 0.184. The average Bonchev–Trinajstić information content (AvgIpc) is 2.58. The van der Waals surface area contributed by atoms with Crippen LogP contribution in [0.2, 0.25) is 0 Å². The number of halogens is 2. The van der Waals surface area contributed by atoms with Crippen molar-refractivity contribution in [3.05, 3.63) is 19.2 Å². The topological polar surface area (TPSA) is 20.3 Å². The molecular formula is C12H15Br2NOS. The standard InChI is InChI=1S/C12H15Br2NOS/c13-9-8-10(17-11(9)14)12(16)15-6-4-2-1-3-5-7-15/h8H,1-7H2. The Morgan fingerprint density at radius 2 is 1.71 bits per heavy atom. The summed E-state index contributed by atoms with van der Waals surface area (Å²) >= 11 is 8.37. The second kappa shape index (κ2) is 6.34. The van der Waals surface area contributed by atoms with E-state index in [1.807, 2.05) is 11.0 Å². The summed E-state index contributed by atoms with van der Waals surface area (Å²) < 4.78 is 1.96. The number of hydrogen-bond acceptors (Lipinski definition) is 2. The second-order valence-corrected chi connectivity index (χ2v) is 7.52. The van der Waals surface area contributed by atoms with Crippen LogP contribution in [0.3, 0.4) is 0 Å². The molecule has 94 valence electrons. The summed E-state index contributed by atoms with van der Waals surface area (Å²) in [6.07, 6.45) is 6.10. The molecule has 1 saturated heterocycles. The first-order valence-electron chi connectivity index (χ1n) is 5.92. The normalized spacial score (nSPS) is 17.6. The molecule has 1 fully saturated rings. The van der Waals surface area contributed by atoms with Gasteiger partial charge in [0.2, 0.25) is 0 Å². The van der Waals surface area contributed by atoms with Gasteiger partial charge in [-0.3, -0.25) is 4.79 Å². The first-order chi connectivity index (χ1) is 8.18. The fourth-order valence-corrected chi connectivity index (χ4v) is 4.06. The van der Waals surface area contributed by atoms with E-state index in [1.54, 1.807) is 0 Å². The summed E-state index contributed by atoms with van der Waals surface area (Å²) in [4.78, 5) is 15.2. The Labute approximate surface area is 123 Å². The van der Waals surface area contributed by atoms with Crippen LogP contribution in [0.5, 0.6) is 0 Å². The fraction of sp³-hybridized carbons (Fsp3) is 0.583. The molecule has 1 aromatic rings. The molecule has 2 rings (SSSR count). The smallest absolute Gasteiger partial charge is 0.263 e. The number of rotatable bonds is 1. The van der Waals surface area contributed by atoms with E-state index < -0.39 is 0 Å². The van der Waals surface area contributed by atoms with Gasteiger partial charge in [0.05, 0.1) is 8.66 Å². The summed E-state index contributed by atoms with van der Waals surface area (Å²) in [6.45, 7) is 1.82. The monoisotopic (exact) mass is 379 g/mol. The summed E-state index contributed by atoms with van der Waals surface area (Å²) in [6, 6.07) is 1.91. The Balaban J connectivity index is 2.06. The SMILES string of the molecule is O=C(c1cc(Br)c(Br)s1)N1CCCCCCC1. The number of likely N-dealkylation sites (tertiary alicyclic amines) is 1. The van der Waals surface area contributed by atoms with E-state index in [1.165, 1.54) is 30.6 Å². The second-order valence-electron chi connectivity index (χ2n) is 4.29. The van der Waals surface area contributed by atoms with Gasteiger partial charge in [0.25, 0.3) is 5.91 Å². The van der Waals surface area contributed by atoms with Crippen LogP contribution < -0.4 is 0 Å². The summed E-state index contributed by atoms with van der Waals surface area (Å²) in [5.41, 5.74) is 0. The maximum absolute atomic E-state index is 12.3. The third-order valence-electron chi connectivity index (χ3n) is 3.00. The molecule has 0 aliphatic carbocycles. The molecule has 0 N–H and O–H groups in total. The summed E-state index contributed by atoms with van der Waals surface area (Å²) in [5, 5.41) is 0. The van der Waals surface area contributed by atoms with Crippen molar-refractivity contribution in [1.82, 2.24) is 4.90 Å². The Morgan fingerprint density at radius 3 is 2.24 bits per heavy atom. The lowest BCUT2D eigenvalue weighted by Crippen LogP contribution is -2.33. The van der Waals surface area contributed by atoms with Gasteiger partial charge in [0, 0.05) is 17.6 Å². The van der Waals surface area contributed by atoms with Crippen LogP contribution in [0.1, 0.15) is 41.8 Å². The number of thiophene rings is 1. The summed E-state index contributed by atoms with van der Waals surface area (Å²) in [7, 11) is 0. The van der Waals surface area contributed by atoms with Crippen LogP contribution in [-0.4, -0.2) is 23.9 Å². The van der Waals surface area contributed by atoms with Gasteiger partial charge in [-0.05, 0) is 50.8 Å². The molecule has 0 saturated carbocycles. The molecule has 2 nitrogen and oxygen atoms in total. The van der Waals surface area contributed by atoms with Crippen molar-refractivity contribution in [1.29, 1.82) is 0 Å². The van der Waals surface area contributed by atoms with Crippen molar-refractivity contribution >= 4 is 49.1 Å². The highest BCUT2D eigenvalue weighted by molar-refractivity contribution is 9.13. The fourth-order valence-electron chi connectivity index (χ4n) is 2.06. The molecule has 0 radical (unpaired) electrons. The van der Waals surface area contributed by atoms with Crippen molar-refractivity contribution < 1.29 is 4.79 Å². The zero-order chi connectivity index (χ0) is 12.3. The molecule has 1 aliphatic rings.